The van der Waals surface area contributed by atoms with Gasteiger partial charge in [-0.05, 0) is 24.6 Å². The Kier molecular flexibility index (Phi) is 7.87. The molecule has 0 heterocycles. The average molecular weight is 356 g/mol. The van der Waals surface area contributed by atoms with Gasteiger partial charge in [0.15, 0.2) is 0 Å². The molecule has 0 aromatic heterocycles. The predicted molar refractivity (Wildman–Crippen MR) is 81.1 cm³/mol. The van der Waals surface area contributed by atoms with Crippen LogP contribution in [0.15, 0.2) is 22.7 Å². The topological polar surface area (TPSA) is 55.1 Å². The number of hydrogen-bond acceptors (Lipinski definition) is 2. The van der Waals surface area contributed by atoms with E-state index in [1.165, 1.54) is 0 Å². The second-order valence-electron chi connectivity index (χ2n) is 4.10. The molecule has 2 atom stereocenters. The van der Waals surface area contributed by atoms with Gasteiger partial charge < -0.3 is 11.1 Å². The number of rotatable bonds is 4. The third kappa shape index (κ3) is 5.14. The van der Waals surface area contributed by atoms with Crippen LogP contribution in [0.25, 0.3) is 0 Å². The summed E-state index contributed by atoms with van der Waals surface area (Å²) in [6, 6.07) is 5.42. The van der Waals surface area contributed by atoms with Crippen LogP contribution in [-0.2, 0) is 11.3 Å². The van der Waals surface area contributed by atoms with Crippen LogP contribution in [0.2, 0.25) is 5.02 Å². The van der Waals surface area contributed by atoms with Gasteiger partial charge in [-0.15, -0.1) is 12.4 Å². The van der Waals surface area contributed by atoms with Gasteiger partial charge in [0.25, 0.3) is 0 Å². The van der Waals surface area contributed by atoms with Crippen LogP contribution in [-0.4, -0.2) is 11.9 Å². The van der Waals surface area contributed by atoms with E-state index >= 15 is 0 Å². The van der Waals surface area contributed by atoms with Gasteiger partial charge in [0.05, 0.1) is 0 Å². The molecule has 0 saturated heterocycles. The smallest absolute Gasteiger partial charge is 0.224 e. The highest BCUT2D eigenvalue weighted by molar-refractivity contribution is 9.10. The van der Waals surface area contributed by atoms with Crippen LogP contribution in [0, 0.1) is 5.92 Å². The summed E-state index contributed by atoms with van der Waals surface area (Å²) in [5.41, 5.74) is 6.55. The second-order valence-corrected chi connectivity index (χ2v) is 5.42. The molecule has 0 aliphatic rings. The van der Waals surface area contributed by atoms with Crippen molar-refractivity contribution < 1.29 is 4.79 Å². The van der Waals surface area contributed by atoms with Crippen LogP contribution in [0.1, 0.15) is 19.4 Å². The highest BCUT2D eigenvalue weighted by Crippen LogP contribution is 2.21. The van der Waals surface area contributed by atoms with Crippen molar-refractivity contribution in [2.45, 2.75) is 26.4 Å². The molecule has 0 aliphatic carbocycles. The lowest BCUT2D eigenvalue weighted by Gasteiger charge is -2.15. The number of carbonyl (C=O) groups is 1. The maximum atomic E-state index is 11.7. The minimum atomic E-state index is -0.204. The molecular weight excluding hydrogens is 339 g/mol. The van der Waals surface area contributed by atoms with E-state index in [0.29, 0.717) is 11.6 Å². The SMILES string of the molecule is CC(N)C(C)C(=O)NCc1ccc(Br)cc1Cl.Cl. The van der Waals surface area contributed by atoms with Gasteiger partial charge in [0.2, 0.25) is 5.91 Å². The Morgan fingerprint density at radius 2 is 2.11 bits per heavy atom. The lowest BCUT2D eigenvalue weighted by atomic mass is 10.0. The first kappa shape index (κ1) is 17.7. The number of carbonyl (C=O) groups excluding carboxylic acids is 1. The van der Waals surface area contributed by atoms with Crippen molar-refractivity contribution >= 4 is 45.8 Å². The van der Waals surface area contributed by atoms with Crippen molar-refractivity contribution in [3.63, 3.8) is 0 Å². The van der Waals surface area contributed by atoms with Crippen LogP contribution < -0.4 is 11.1 Å². The molecule has 6 heteroatoms. The lowest BCUT2D eigenvalue weighted by Crippen LogP contribution is -2.38. The molecule has 1 aromatic rings. The van der Waals surface area contributed by atoms with E-state index in [4.69, 9.17) is 17.3 Å². The highest BCUT2D eigenvalue weighted by Gasteiger charge is 2.16. The Labute approximate surface area is 127 Å². The fraction of sp³-hybridized carbons (Fsp3) is 0.417. The van der Waals surface area contributed by atoms with Gasteiger partial charge in [-0.2, -0.15) is 0 Å². The lowest BCUT2D eigenvalue weighted by molar-refractivity contribution is -0.125. The predicted octanol–water partition coefficient (Wildman–Crippen LogP) is 3.12. The summed E-state index contributed by atoms with van der Waals surface area (Å²) >= 11 is 9.38. The van der Waals surface area contributed by atoms with Gasteiger partial charge in [-0.3, -0.25) is 4.79 Å². The van der Waals surface area contributed by atoms with Crippen molar-refractivity contribution in [2.24, 2.45) is 11.7 Å². The molecule has 1 amide bonds. The number of amides is 1. The van der Waals surface area contributed by atoms with Crippen LogP contribution in [0.3, 0.4) is 0 Å². The van der Waals surface area contributed by atoms with Crippen LogP contribution in [0.4, 0.5) is 0 Å². The summed E-state index contributed by atoms with van der Waals surface area (Å²) in [5, 5.41) is 3.45. The molecule has 102 valence electrons. The van der Waals surface area contributed by atoms with Gasteiger partial charge in [-0.1, -0.05) is 40.5 Å². The second kappa shape index (κ2) is 8.00. The van der Waals surface area contributed by atoms with E-state index in [2.05, 4.69) is 21.2 Å². The van der Waals surface area contributed by atoms with Gasteiger partial charge in [-0.25, -0.2) is 0 Å². The van der Waals surface area contributed by atoms with E-state index in [9.17, 15) is 4.79 Å². The Balaban J connectivity index is 0.00000289. The summed E-state index contributed by atoms with van der Waals surface area (Å²) in [5.74, 6) is -0.261. The maximum Gasteiger partial charge on any atom is 0.224 e. The molecule has 2 unspecified atom stereocenters. The molecule has 3 N–H and O–H groups in total. The minimum absolute atomic E-state index is 0. The Morgan fingerprint density at radius 1 is 1.50 bits per heavy atom. The van der Waals surface area contributed by atoms with E-state index < -0.39 is 0 Å². The first-order valence-corrected chi connectivity index (χ1v) is 6.56. The van der Waals surface area contributed by atoms with Crippen molar-refractivity contribution in [1.29, 1.82) is 0 Å². The summed E-state index contributed by atoms with van der Waals surface area (Å²) < 4.78 is 0.918. The fourth-order valence-electron chi connectivity index (χ4n) is 1.25. The number of nitrogens with one attached hydrogen (secondary N) is 1. The Morgan fingerprint density at radius 3 is 2.61 bits per heavy atom. The monoisotopic (exact) mass is 354 g/mol. The number of hydrogen-bond donors (Lipinski definition) is 2. The minimum Gasteiger partial charge on any atom is -0.352 e. The third-order valence-electron chi connectivity index (χ3n) is 2.67. The van der Waals surface area contributed by atoms with Crippen molar-refractivity contribution in [2.75, 3.05) is 0 Å². The number of nitrogens with two attached hydrogens (primary N) is 1. The van der Waals surface area contributed by atoms with Gasteiger partial charge >= 0.3 is 0 Å². The molecule has 18 heavy (non-hydrogen) atoms. The van der Waals surface area contributed by atoms with Gasteiger partial charge in [0.1, 0.15) is 0 Å². The van der Waals surface area contributed by atoms with Gasteiger partial charge in [0, 0.05) is 28.0 Å². The Hall–Kier alpha value is -0.290. The van der Waals surface area contributed by atoms with Crippen LogP contribution >= 0.6 is 39.9 Å². The van der Waals surface area contributed by atoms with Crippen molar-refractivity contribution in [3.8, 4) is 0 Å². The number of benzene rings is 1. The summed E-state index contributed by atoms with van der Waals surface area (Å²) in [4.78, 5) is 11.7. The molecule has 1 aromatic carbocycles. The first-order valence-electron chi connectivity index (χ1n) is 5.39. The summed E-state index contributed by atoms with van der Waals surface area (Å²) in [7, 11) is 0. The van der Waals surface area contributed by atoms with Crippen LogP contribution in [0.5, 0.6) is 0 Å². The first-order chi connectivity index (χ1) is 7.91. The molecule has 1 rings (SSSR count). The third-order valence-corrected chi connectivity index (χ3v) is 3.52. The number of halogens is 3. The van der Waals surface area contributed by atoms with E-state index in [1.54, 1.807) is 6.07 Å². The standard InChI is InChI=1S/C12H16BrClN2O.ClH/c1-7(8(2)15)12(17)16-6-9-3-4-10(13)5-11(9)14;/h3-5,7-8H,6,15H2,1-2H3,(H,16,17);1H. The van der Waals surface area contributed by atoms with E-state index in [1.807, 2.05) is 26.0 Å². The normalized spacial score (nSPS) is 13.4. The zero-order valence-corrected chi connectivity index (χ0v) is 13.4. The molecule has 3 nitrogen and oxygen atoms in total. The molecule has 0 saturated carbocycles. The highest BCUT2D eigenvalue weighted by atomic mass is 79.9. The Bertz CT molecular complexity index is 413. The molecule has 0 spiro atoms. The molecule has 0 fully saturated rings. The van der Waals surface area contributed by atoms with E-state index in [-0.39, 0.29) is 30.3 Å². The summed E-state index contributed by atoms with van der Waals surface area (Å²) in [6.45, 7) is 4.04. The van der Waals surface area contributed by atoms with E-state index in [0.717, 1.165) is 10.0 Å². The zero-order valence-electron chi connectivity index (χ0n) is 10.2. The fourth-order valence-corrected chi connectivity index (χ4v) is 1.99. The summed E-state index contributed by atoms with van der Waals surface area (Å²) in [6.07, 6.45) is 0. The molecule has 0 radical (unpaired) electrons. The zero-order chi connectivity index (χ0) is 13.0. The van der Waals surface area contributed by atoms with Crippen molar-refractivity contribution in [3.05, 3.63) is 33.3 Å². The molecular formula is C12H17BrCl2N2O. The molecule has 0 bridgehead atoms. The average Bonchev–Trinajstić information content (AvgIpc) is 2.26. The maximum absolute atomic E-state index is 11.7. The van der Waals surface area contributed by atoms with Crippen molar-refractivity contribution in [1.82, 2.24) is 5.32 Å². The largest absolute Gasteiger partial charge is 0.352 e. The quantitative estimate of drug-likeness (QED) is 0.871. The molecule has 0 aliphatic heterocycles.